The Morgan fingerprint density at radius 3 is 2.24 bits per heavy atom. The van der Waals surface area contributed by atoms with Gasteiger partial charge in [-0.15, -0.1) is 0 Å². The van der Waals surface area contributed by atoms with Gasteiger partial charge in [-0.3, -0.25) is 9.59 Å². The number of likely N-dealkylation sites (tertiary alicyclic amines) is 1. The number of rotatable bonds is 2. The van der Waals surface area contributed by atoms with Crippen molar-refractivity contribution in [2.75, 3.05) is 37.4 Å². The molecule has 2 rings (SSSR count). The van der Waals surface area contributed by atoms with E-state index in [1.807, 2.05) is 31.1 Å². The van der Waals surface area contributed by atoms with Crippen molar-refractivity contribution in [3.63, 3.8) is 0 Å². The van der Waals surface area contributed by atoms with Crippen molar-refractivity contribution in [3.05, 3.63) is 24.3 Å². The highest BCUT2D eigenvalue weighted by Crippen LogP contribution is 2.18. The minimum absolute atomic E-state index is 0.432. The second kappa shape index (κ2) is 6.61. The molecule has 21 heavy (non-hydrogen) atoms. The molecule has 0 atom stereocenters. The molecule has 5 heteroatoms. The highest BCUT2D eigenvalue weighted by atomic mass is 16.2. The third-order valence-electron chi connectivity index (χ3n) is 3.91. The van der Waals surface area contributed by atoms with E-state index in [-0.39, 0.29) is 0 Å². The van der Waals surface area contributed by atoms with E-state index in [0.717, 1.165) is 18.5 Å². The smallest absolute Gasteiger partial charge is 0.313 e. The lowest BCUT2D eigenvalue weighted by molar-refractivity contribution is -0.144. The Kier molecular flexibility index (Phi) is 4.83. The quantitative estimate of drug-likeness (QED) is 0.847. The van der Waals surface area contributed by atoms with E-state index in [0.29, 0.717) is 24.7 Å². The zero-order valence-corrected chi connectivity index (χ0v) is 12.9. The monoisotopic (exact) mass is 289 g/mol. The molecule has 0 radical (unpaired) electrons. The first kappa shape index (κ1) is 15.4. The van der Waals surface area contributed by atoms with Crippen LogP contribution in [-0.2, 0) is 9.59 Å². The summed E-state index contributed by atoms with van der Waals surface area (Å²) in [4.78, 5) is 27.7. The molecule has 0 unspecified atom stereocenters. The lowest BCUT2D eigenvalue weighted by atomic mass is 9.99. The van der Waals surface area contributed by atoms with Crippen LogP contribution < -0.4 is 10.2 Å². The van der Waals surface area contributed by atoms with E-state index < -0.39 is 11.8 Å². The van der Waals surface area contributed by atoms with E-state index in [2.05, 4.69) is 12.2 Å². The Bertz CT molecular complexity index is 503. The Morgan fingerprint density at radius 1 is 1.14 bits per heavy atom. The molecule has 0 saturated carbocycles. The molecular weight excluding hydrogens is 266 g/mol. The zero-order valence-electron chi connectivity index (χ0n) is 12.9. The second-order valence-electron chi connectivity index (χ2n) is 5.87. The van der Waals surface area contributed by atoms with Crippen molar-refractivity contribution >= 4 is 23.2 Å². The van der Waals surface area contributed by atoms with Crippen LogP contribution in [0.4, 0.5) is 11.4 Å². The fraction of sp³-hybridized carbons (Fsp3) is 0.500. The molecule has 1 aliphatic heterocycles. The number of hydrogen-bond donors (Lipinski definition) is 1. The van der Waals surface area contributed by atoms with Gasteiger partial charge in [-0.05, 0) is 43.0 Å². The summed E-state index contributed by atoms with van der Waals surface area (Å²) < 4.78 is 0. The van der Waals surface area contributed by atoms with Crippen molar-refractivity contribution in [2.45, 2.75) is 19.8 Å². The van der Waals surface area contributed by atoms with E-state index in [1.165, 1.54) is 0 Å². The Labute approximate surface area is 125 Å². The van der Waals surface area contributed by atoms with Gasteiger partial charge in [-0.1, -0.05) is 6.92 Å². The summed E-state index contributed by atoms with van der Waals surface area (Å²) in [6.45, 7) is 3.52. The summed E-state index contributed by atoms with van der Waals surface area (Å²) in [7, 11) is 3.91. The van der Waals surface area contributed by atoms with Gasteiger partial charge in [0.25, 0.3) is 0 Å². The maximum absolute atomic E-state index is 12.1. The third kappa shape index (κ3) is 3.97. The van der Waals surface area contributed by atoms with E-state index in [9.17, 15) is 9.59 Å². The Balaban J connectivity index is 1.92. The summed E-state index contributed by atoms with van der Waals surface area (Å²) in [5, 5.41) is 2.67. The average Bonchev–Trinajstić information content (AvgIpc) is 2.47. The molecule has 1 aliphatic rings. The van der Waals surface area contributed by atoms with Crippen LogP contribution in [0.2, 0.25) is 0 Å². The van der Waals surface area contributed by atoms with Gasteiger partial charge >= 0.3 is 11.8 Å². The van der Waals surface area contributed by atoms with Gasteiger partial charge in [-0.25, -0.2) is 0 Å². The van der Waals surface area contributed by atoms with Crippen LogP contribution in [0.15, 0.2) is 24.3 Å². The third-order valence-corrected chi connectivity index (χ3v) is 3.91. The van der Waals surface area contributed by atoms with E-state index in [4.69, 9.17) is 0 Å². The van der Waals surface area contributed by atoms with Crippen LogP contribution in [-0.4, -0.2) is 43.9 Å². The largest absolute Gasteiger partial charge is 0.378 e. The molecule has 2 amide bonds. The molecule has 1 fully saturated rings. The Hall–Kier alpha value is -2.04. The fourth-order valence-corrected chi connectivity index (χ4v) is 2.38. The maximum Gasteiger partial charge on any atom is 0.313 e. The van der Waals surface area contributed by atoms with Crippen LogP contribution in [0.1, 0.15) is 19.8 Å². The van der Waals surface area contributed by atoms with Crippen molar-refractivity contribution < 1.29 is 9.59 Å². The van der Waals surface area contributed by atoms with Crippen molar-refractivity contribution in [2.24, 2.45) is 5.92 Å². The van der Waals surface area contributed by atoms with Gasteiger partial charge in [0, 0.05) is 38.6 Å². The van der Waals surface area contributed by atoms with E-state index in [1.54, 1.807) is 17.0 Å². The van der Waals surface area contributed by atoms with Crippen LogP contribution in [0.5, 0.6) is 0 Å². The number of piperidine rings is 1. The van der Waals surface area contributed by atoms with Gasteiger partial charge in [0.05, 0.1) is 0 Å². The number of amides is 2. The molecule has 1 heterocycles. The molecule has 114 valence electrons. The first-order chi connectivity index (χ1) is 9.97. The van der Waals surface area contributed by atoms with Gasteiger partial charge < -0.3 is 15.1 Å². The van der Waals surface area contributed by atoms with Gasteiger partial charge in [0.15, 0.2) is 0 Å². The van der Waals surface area contributed by atoms with Gasteiger partial charge in [0.1, 0.15) is 0 Å². The SMILES string of the molecule is CC1CCN(C(=O)C(=O)Nc2ccc(N(C)C)cc2)CC1. The molecule has 1 N–H and O–H groups in total. The summed E-state index contributed by atoms with van der Waals surface area (Å²) in [5.41, 5.74) is 1.69. The van der Waals surface area contributed by atoms with Gasteiger partial charge in [-0.2, -0.15) is 0 Å². The lowest BCUT2D eigenvalue weighted by Gasteiger charge is -2.29. The second-order valence-corrected chi connectivity index (χ2v) is 5.87. The van der Waals surface area contributed by atoms with Crippen molar-refractivity contribution in [3.8, 4) is 0 Å². The summed E-state index contributed by atoms with van der Waals surface area (Å²) in [6, 6.07) is 7.42. The highest BCUT2D eigenvalue weighted by Gasteiger charge is 2.25. The summed E-state index contributed by atoms with van der Waals surface area (Å²) in [6.07, 6.45) is 1.94. The van der Waals surface area contributed by atoms with Crippen LogP contribution in [0.3, 0.4) is 0 Å². The van der Waals surface area contributed by atoms with Crippen LogP contribution in [0, 0.1) is 5.92 Å². The molecule has 1 aromatic rings. The first-order valence-electron chi connectivity index (χ1n) is 7.35. The van der Waals surface area contributed by atoms with Crippen molar-refractivity contribution in [1.82, 2.24) is 4.90 Å². The van der Waals surface area contributed by atoms with E-state index >= 15 is 0 Å². The molecule has 0 aromatic heterocycles. The predicted molar refractivity (Wildman–Crippen MR) is 84.4 cm³/mol. The summed E-state index contributed by atoms with van der Waals surface area (Å²) >= 11 is 0. The predicted octanol–water partition coefficient (Wildman–Crippen LogP) is 1.95. The van der Waals surface area contributed by atoms with Crippen LogP contribution in [0.25, 0.3) is 0 Å². The molecule has 0 bridgehead atoms. The maximum atomic E-state index is 12.1. The molecular formula is C16H23N3O2. The zero-order chi connectivity index (χ0) is 15.4. The van der Waals surface area contributed by atoms with Crippen LogP contribution >= 0.6 is 0 Å². The normalized spacial score (nSPS) is 15.7. The number of benzene rings is 1. The highest BCUT2D eigenvalue weighted by molar-refractivity contribution is 6.39. The minimum Gasteiger partial charge on any atom is -0.378 e. The number of nitrogens with one attached hydrogen (secondary N) is 1. The molecule has 0 spiro atoms. The number of nitrogens with zero attached hydrogens (tertiary/aromatic N) is 2. The molecule has 1 aromatic carbocycles. The number of carbonyl (C=O) groups is 2. The standard InChI is InChI=1S/C16H23N3O2/c1-12-8-10-19(11-9-12)16(21)15(20)17-13-4-6-14(7-5-13)18(2)3/h4-7,12H,8-11H2,1-3H3,(H,17,20). The summed E-state index contributed by atoms with van der Waals surface area (Å²) in [5.74, 6) is -0.351. The topological polar surface area (TPSA) is 52.7 Å². The number of carbonyl (C=O) groups excluding carboxylic acids is 2. The average molecular weight is 289 g/mol. The number of anilines is 2. The fourth-order valence-electron chi connectivity index (χ4n) is 2.38. The first-order valence-corrected chi connectivity index (χ1v) is 7.35. The molecule has 5 nitrogen and oxygen atoms in total. The number of hydrogen-bond acceptors (Lipinski definition) is 3. The Morgan fingerprint density at radius 2 is 1.71 bits per heavy atom. The van der Waals surface area contributed by atoms with Crippen molar-refractivity contribution in [1.29, 1.82) is 0 Å². The van der Waals surface area contributed by atoms with Gasteiger partial charge in [0.2, 0.25) is 0 Å². The lowest BCUT2D eigenvalue weighted by Crippen LogP contribution is -2.43. The molecule has 1 saturated heterocycles. The minimum atomic E-state index is -0.554. The molecule has 0 aliphatic carbocycles.